The summed E-state index contributed by atoms with van der Waals surface area (Å²) >= 11 is 0. The molecule has 5 nitrogen and oxygen atoms in total. The average Bonchev–Trinajstić information content (AvgIpc) is 3.12. The molecule has 0 bridgehead atoms. The van der Waals surface area contributed by atoms with Crippen LogP contribution in [0.3, 0.4) is 0 Å². The van der Waals surface area contributed by atoms with Crippen LogP contribution in [-0.4, -0.2) is 38.8 Å². The fourth-order valence-corrected chi connectivity index (χ4v) is 3.52. The van der Waals surface area contributed by atoms with Gasteiger partial charge in [0.05, 0.1) is 11.8 Å². The van der Waals surface area contributed by atoms with E-state index in [0.29, 0.717) is 30.4 Å². The van der Waals surface area contributed by atoms with Crippen LogP contribution in [0.2, 0.25) is 0 Å². The molecular weight excluding hydrogens is 333 g/mol. The number of amides is 1. The SMILES string of the molecule is O=C(c1cc[nH]c1C1CC1)N1CCCC(c2ncc(C(F)(F)F)[nH]2)C1. The molecule has 1 amide bonds. The minimum atomic E-state index is -4.43. The third-order valence-electron chi connectivity index (χ3n) is 4.99. The average molecular weight is 352 g/mol. The second-order valence-electron chi connectivity index (χ2n) is 6.85. The highest BCUT2D eigenvalue weighted by atomic mass is 19.4. The Morgan fingerprint density at radius 3 is 2.72 bits per heavy atom. The van der Waals surface area contributed by atoms with Crippen molar-refractivity contribution >= 4 is 5.91 Å². The summed E-state index contributed by atoms with van der Waals surface area (Å²) in [6.45, 7) is 1.01. The van der Waals surface area contributed by atoms with Crippen LogP contribution in [0.25, 0.3) is 0 Å². The molecule has 2 N–H and O–H groups in total. The normalized spacial score (nSPS) is 21.6. The van der Waals surface area contributed by atoms with Crippen LogP contribution in [0.4, 0.5) is 13.2 Å². The van der Waals surface area contributed by atoms with Gasteiger partial charge in [-0.2, -0.15) is 13.2 Å². The van der Waals surface area contributed by atoms with E-state index in [1.165, 1.54) is 0 Å². The molecule has 8 heteroatoms. The molecule has 134 valence electrons. The molecule has 2 aliphatic rings. The molecule has 0 radical (unpaired) electrons. The van der Waals surface area contributed by atoms with Gasteiger partial charge in [-0.3, -0.25) is 4.79 Å². The topological polar surface area (TPSA) is 64.8 Å². The minimum Gasteiger partial charge on any atom is -0.364 e. The van der Waals surface area contributed by atoms with Gasteiger partial charge in [0.2, 0.25) is 0 Å². The number of alkyl halides is 3. The third-order valence-corrected chi connectivity index (χ3v) is 4.99. The van der Waals surface area contributed by atoms with Gasteiger partial charge in [-0.15, -0.1) is 0 Å². The predicted octanol–water partition coefficient (Wildman–Crippen LogP) is 3.65. The van der Waals surface area contributed by atoms with E-state index in [4.69, 9.17) is 0 Å². The number of rotatable bonds is 3. The number of aromatic amines is 2. The summed E-state index contributed by atoms with van der Waals surface area (Å²) in [7, 11) is 0. The van der Waals surface area contributed by atoms with E-state index in [1.54, 1.807) is 17.2 Å². The Morgan fingerprint density at radius 1 is 1.24 bits per heavy atom. The van der Waals surface area contributed by atoms with Gasteiger partial charge in [0, 0.05) is 30.9 Å². The maximum Gasteiger partial charge on any atom is 0.432 e. The first-order chi connectivity index (χ1) is 11.9. The van der Waals surface area contributed by atoms with E-state index in [9.17, 15) is 18.0 Å². The van der Waals surface area contributed by atoms with Crippen molar-refractivity contribution in [1.82, 2.24) is 19.9 Å². The number of likely N-dealkylation sites (tertiary alicyclic amines) is 1. The van der Waals surface area contributed by atoms with Crippen LogP contribution in [0.5, 0.6) is 0 Å². The van der Waals surface area contributed by atoms with Crippen LogP contribution in [0, 0.1) is 0 Å². The van der Waals surface area contributed by atoms with Crippen molar-refractivity contribution in [1.29, 1.82) is 0 Å². The molecule has 1 atom stereocenters. The molecule has 2 aromatic heterocycles. The molecular formula is C17H19F3N4O. The van der Waals surface area contributed by atoms with Crippen molar-refractivity contribution in [3.63, 3.8) is 0 Å². The molecule has 4 rings (SSSR count). The second-order valence-corrected chi connectivity index (χ2v) is 6.85. The number of carbonyl (C=O) groups is 1. The van der Waals surface area contributed by atoms with Crippen molar-refractivity contribution in [3.05, 3.63) is 41.2 Å². The lowest BCUT2D eigenvalue weighted by Gasteiger charge is -2.32. The standard InChI is InChI=1S/C17H19F3N4O/c18-17(19,20)13-8-22-15(23-13)11-2-1-7-24(9-11)16(25)12-5-6-21-14(12)10-3-4-10/h5-6,8,10-11,21H,1-4,7,9H2,(H,22,23). The molecule has 3 heterocycles. The number of halogens is 3. The van der Waals surface area contributed by atoms with Crippen LogP contribution < -0.4 is 0 Å². The van der Waals surface area contributed by atoms with Gasteiger partial charge in [-0.25, -0.2) is 4.98 Å². The van der Waals surface area contributed by atoms with Crippen LogP contribution in [-0.2, 0) is 6.18 Å². The van der Waals surface area contributed by atoms with E-state index in [-0.39, 0.29) is 11.8 Å². The molecule has 1 aliphatic carbocycles. The zero-order valence-electron chi connectivity index (χ0n) is 13.6. The third kappa shape index (κ3) is 3.17. The number of nitrogens with one attached hydrogen (secondary N) is 2. The summed E-state index contributed by atoms with van der Waals surface area (Å²) in [5, 5.41) is 0. The van der Waals surface area contributed by atoms with Gasteiger partial charge in [-0.1, -0.05) is 0 Å². The van der Waals surface area contributed by atoms with Crippen LogP contribution in [0.15, 0.2) is 18.5 Å². The van der Waals surface area contributed by atoms with Crippen molar-refractivity contribution in [2.24, 2.45) is 0 Å². The fraction of sp³-hybridized carbons (Fsp3) is 0.529. The molecule has 1 saturated carbocycles. The molecule has 0 aromatic carbocycles. The van der Waals surface area contributed by atoms with E-state index in [0.717, 1.165) is 37.6 Å². The Kier molecular flexibility index (Phi) is 3.85. The first-order valence-corrected chi connectivity index (χ1v) is 8.52. The maximum atomic E-state index is 12.9. The molecule has 0 spiro atoms. The van der Waals surface area contributed by atoms with Crippen molar-refractivity contribution in [2.45, 2.75) is 43.7 Å². The lowest BCUT2D eigenvalue weighted by atomic mass is 9.96. The van der Waals surface area contributed by atoms with Gasteiger partial charge in [-0.05, 0) is 37.7 Å². The van der Waals surface area contributed by atoms with Crippen molar-refractivity contribution in [2.75, 3.05) is 13.1 Å². The Bertz CT molecular complexity index is 775. The smallest absolute Gasteiger partial charge is 0.364 e. The quantitative estimate of drug-likeness (QED) is 0.885. The Morgan fingerprint density at radius 2 is 2.04 bits per heavy atom. The Hall–Kier alpha value is -2.25. The highest BCUT2D eigenvalue weighted by Crippen LogP contribution is 2.41. The molecule has 2 fully saturated rings. The number of hydrogen-bond donors (Lipinski definition) is 2. The van der Waals surface area contributed by atoms with Gasteiger partial charge >= 0.3 is 6.18 Å². The molecule has 1 unspecified atom stereocenters. The van der Waals surface area contributed by atoms with E-state index in [1.807, 2.05) is 0 Å². The Balaban J connectivity index is 1.50. The van der Waals surface area contributed by atoms with Gasteiger partial charge in [0.15, 0.2) is 0 Å². The first kappa shape index (κ1) is 16.2. The number of nitrogens with zero attached hydrogens (tertiary/aromatic N) is 2. The summed E-state index contributed by atoms with van der Waals surface area (Å²) in [6, 6.07) is 1.80. The largest absolute Gasteiger partial charge is 0.432 e. The maximum absolute atomic E-state index is 12.9. The van der Waals surface area contributed by atoms with E-state index >= 15 is 0 Å². The van der Waals surface area contributed by atoms with Crippen LogP contribution in [0.1, 0.15) is 65.1 Å². The van der Waals surface area contributed by atoms with E-state index < -0.39 is 11.9 Å². The zero-order chi connectivity index (χ0) is 17.6. The van der Waals surface area contributed by atoms with Gasteiger partial charge < -0.3 is 14.9 Å². The summed E-state index contributed by atoms with van der Waals surface area (Å²) in [5.74, 6) is 0.503. The lowest BCUT2D eigenvalue weighted by molar-refractivity contribution is -0.141. The monoisotopic (exact) mass is 352 g/mol. The highest BCUT2D eigenvalue weighted by Gasteiger charge is 2.36. The summed E-state index contributed by atoms with van der Waals surface area (Å²) in [6.07, 6.45) is 1.84. The van der Waals surface area contributed by atoms with Crippen molar-refractivity contribution in [3.8, 4) is 0 Å². The number of aromatic nitrogens is 3. The number of imidazole rings is 1. The number of carbonyl (C=O) groups excluding carboxylic acids is 1. The summed E-state index contributed by atoms with van der Waals surface area (Å²) in [5.41, 5.74) is 0.843. The lowest BCUT2D eigenvalue weighted by Crippen LogP contribution is -2.39. The van der Waals surface area contributed by atoms with E-state index in [2.05, 4.69) is 15.0 Å². The van der Waals surface area contributed by atoms with Crippen LogP contribution >= 0.6 is 0 Å². The minimum absolute atomic E-state index is 0.0459. The predicted molar refractivity (Wildman–Crippen MR) is 84.2 cm³/mol. The fourth-order valence-electron chi connectivity index (χ4n) is 3.52. The molecule has 1 aliphatic heterocycles. The number of hydrogen-bond acceptors (Lipinski definition) is 2. The number of H-pyrrole nitrogens is 2. The second kappa shape index (κ2) is 5.93. The molecule has 1 saturated heterocycles. The first-order valence-electron chi connectivity index (χ1n) is 8.52. The van der Waals surface area contributed by atoms with Gasteiger partial charge in [0.1, 0.15) is 11.5 Å². The number of piperidine rings is 1. The molecule has 2 aromatic rings. The van der Waals surface area contributed by atoms with Gasteiger partial charge in [0.25, 0.3) is 5.91 Å². The Labute approximate surface area is 142 Å². The zero-order valence-corrected chi connectivity index (χ0v) is 13.6. The molecule has 25 heavy (non-hydrogen) atoms. The summed E-state index contributed by atoms with van der Waals surface area (Å²) in [4.78, 5) is 24.0. The van der Waals surface area contributed by atoms with Crippen molar-refractivity contribution < 1.29 is 18.0 Å². The summed E-state index contributed by atoms with van der Waals surface area (Å²) < 4.78 is 38.2. The highest BCUT2D eigenvalue weighted by molar-refractivity contribution is 5.95.